The Morgan fingerprint density at radius 2 is 1.97 bits per heavy atom. The van der Waals surface area contributed by atoms with Crippen LogP contribution in [0.15, 0.2) is 46.4 Å². The molecule has 2 heterocycles. The van der Waals surface area contributed by atoms with Crippen molar-refractivity contribution in [3.8, 4) is 5.88 Å². The first-order valence-corrected chi connectivity index (χ1v) is 12.1. The lowest BCUT2D eigenvalue weighted by molar-refractivity contribution is -0.110. The van der Waals surface area contributed by atoms with Gasteiger partial charge >= 0.3 is 0 Å². The van der Waals surface area contributed by atoms with Crippen LogP contribution in [0.3, 0.4) is 0 Å². The Balaban J connectivity index is 1.58. The van der Waals surface area contributed by atoms with E-state index in [4.69, 9.17) is 14.7 Å². The zero-order chi connectivity index (χ0) is 22.7. The molecule has 0 unspecified atom stereocenters. The van der Waals surface area contributed by atoms with Crippen LogP contribution in [-0.2, 0) is 19.5 Å². The van der Waals surface area contributed by atoms with Gasteiger partial charge in [0.25, 0.3) is 5.91 Å². The highest BCUT2D eigenvalue weighted by molar-refractivity contribution is 7.92. The van der Waals surface area contributed by atoms with Gasteiger partial charge in [0.1, 0.15) is 17.0 Å². The van der Waals surface area contributed by atoms with Crippen LogP contribution in [-0.4, -0.2) is 60.7 Å². The highest BCUT2D eigenvalue weighted by Gasteiger charge is 2.36. The van der Waals surface area contributed by atoms with E-state index in [9.17, 15) is 13.2 Å². The normalized spacial score (nSPS) is 14.4. The smallest absolute Gasteiger partial charge is 0.280 e. The molecular formula is C20H20N4O6S2. The quantitative estimate of drug-likeness (QED) is 0.271. The summed E-state index contributed by atoms with van der Waals surface area (Å²) in [5.41, 5.74) is 0.866. The predicted octanol–water partition coefficient (Wildman–Crippen LogP) is 1.99. The van der Waals surface area contributed by atoms with Gasteiger partial charge in [-0.25, -0.2) is 18.4 Å². The Morgan fingerprint density at radius 3 is 2.62 bits per heavy atom. The number of fused-ring (bicyclic) bond motifs is 1. The number of benzene rings is 1. The van der Waals surface area contributed by atoms with E-state index in [1.165, 1.54) is 31.4 Å². The fraction of sp³-hybridized carbons (Fsp3) is 0.300. The molecule has 2 N–H and O–H groups in total. The second-order valence-corrected chi connectivity index (χ2v) is 10.1. The van der Waals surface area contributed by atoms with E-state index in [1.807, 2.05) is 0 Å². The van der Waals surface area contributed by atoms with Crippen LogP contribution in [0.5, 0.6) is 5.88 Å². The van der Waals surface area contributed by atoms with E-state index < -0.39 is 15.7 Å². The van der Waals surface area contributed by atoms with E-state index in [0.29, 0.717) is 39.8 Å². The monoisotopic (exact) mass is 476 g/mol. The molecule has 1 saturated carbocycles. The van der Waals surface area contributed by atoms with Gasteiger partial charge in [0, 0.05) is 11.6 Å². The SMILES string of the molecule is COc1ccc2nc(NC(=O)/C(=N/OCCO)c3ccc(S(=O)(=O)C4CC4)cc3)sc2n1. The maximum atomic E-state index is 12.9. The average molecular weight is 477 g/mol. The molecule has 4 rings (SSSR count). The largest absolute Gasteiger partial charge is 0.481 e. The van der Waals surface area contributed by atoms with Gasteiger partial charge < -0.3 is 14.7 Å². The first kappa shape index (κ1) is 22.1. The Labute approximate surface area is 187 Å². The molecule has 168 valence electrons. The number of ether oxygens (including phenoxy) is 1. The number of rotatable bonds is 9. The number of nitrogens with one attached hydrogen (secondary N) is 1. The lowest BCUT2D eigenvalue weighted by Gasteiger charge is -2.08. The van der Waals surface area contributed by atoms with E-state index in [-0.39, 0.29) is 29.1 Å². The van der Waals surface area contributed by atoms with Crippen molar-refractivity contribution >= 4 is 48.3 Å². The summed E-state index contributed by atoms with van der Waals surface area (Å²) in [6.07, 6.45) is 1.33. The number of amides is 1. The summed E-state index contributed by atoms with van der Waals surface area (Å²) in [6.45, 7) is -0.377. The van der Waals surface area contributed by atoms with Crippen molar-refractivity contribution in [2.75, 3.05) is 25.6 Å². The number of nitrogens with zero attached hydrogens (tertiary/aromatic N) is 3. The van der Waals surface area contributed by atoms with Crippen molar-refractivity contribution in [1.82, 2.24) is 9.97 Å². The lowest BCUT2D eigenvalue weighted by Crippen LogP contribution is -2.24. The molecule has 0 bridgehead atoms. The van der Waals surface area contributed by atoms with Crippen molar-refractivity contribution in [2.24, 2.45) is 5.16 Å². The molecule has 1 amide bonds. The van der Waals surface area contributed by atoms with Crippen LogP contribution in [0, 0.1) is 0 Å². The molecule has 1 aliphatic carbocycles. The summed E-state index contributed by atoms with van der Waals surface area (Å²) >= 11 is 1.16. The first-order chi connectivity index (χ1) is 15.4. The maximum Gasteiger partial charge on any atom is 0.280 e. The molecule has 1 aromatic carbocycles. The van der Waals surface area contributed by atoms with E-state index in [0.717, 1.165) is 11.3 Å². The second-order valence-electron chi connectivity index (χ2n) is 6.92. The van der Waals surface area contributed by atoms with Crippen molar-refractivity contribution in [2.45, 2.75) is 23.0 Å². The zero-order valence-corrected chi connectivity index (χ0v) is 18.6. The van der Waals surface area contributed by atoms with Gasteiger partial charge in [0.15, 0.2) is 20.7 Å². The van der Waals surface area contributed by atoms with Gasteiger partial charge in [0.2, 0.25) is 5.88 Å². The Kier molecular flexibility index (Phi) is 6.35. The van der Waals surface area contributed by atoms with Gasteiger partial charge in [0.05, 0.1) is 23.9 Å². The summed E-state index contributed by atoms with van der Waals surface area (Å²) in [4.78, 5) is 27.3. The van der Waals surface area contributed by atoms with Crippen molar-refractivity contribution in [3.63, 3.8) is 0 Å². The van der Waals surface area contributed by atoms with E-state index in [2.05, 4.69) is 20.4 Å². The molecule has 0 spiro atoms. The summed E-state index contributed by atoms with van der Waals surface area (Å²) in [5.74, 6) is -0.174. The number of aromatic nitrogens is 2. The minimum absolute atomic E-state index is 0.0846. The molecule has 0 saturated heterocycles. The number of aliphatic hydroxyl groups excluding tert-OH is 1. The molecule has 1 aliphatic rings. The maximum absolute atomic E-state index is 12.9. The molecule has 3 aromatic rings. The lowest BCUT2D eigenvalue weighted by atomic mass is 10.1. The van der Waals surface area contributed by atoms with Crippen molar-refractivity contribution in [3.05, 3.63) is 42.0 Å². The van der Waals surface area contributed by atoms with Gasteiger partial charge in [-0.05, 0) is 31.0 Å². The number of hydrogen-bond acceptors (Lipinski definition) is 10. The minimum Gasteiger partial charge on any atom is -0.481 e. The molecular weight excluding hydrogens is 456 g/mol. The molecule has 0 radical (unpaired) electrons. The van der Waals surface area contributed by atoms with Gasteiger partial charge in [-0.2, -0.15) is 0 Å². The van der Waals surface area contributed by atoms with Crippen LogP contribution >= 0.6 is 11.3 Å². The summed E-state index contributed by atoms with van der Waals surface area (Å²) < 4.78 is 29.9. The molecule has 0 atom stereocenters. The van der Waals surface area contributed by atoms with Crippen LogP contribution in [0.2, 0.25) is 0 Å². The average Bonchev–Trinajstić information content (AvgIpc) is 3.58. The summed E-state index contributed by atoms with van der Waals surface area (Å²) in [6, 6.07) is 9.30. The first-order valence-electron chi connectivity index (χ1n) is 9.70. The zero-order valence-electron chi connectivity index (χ0n) is 17.0. The predicted molar refractivity (Wildman–Crippen MR) is 119 cm³/mol. The van der Waals surface area contributed by atoms with Crippen LogP contribution in [0.1, 0.15) is 18.4 Å². The Bertz CT molecular complexity index is 1270. The van der Waals surface area contributed by atoms with Crippen LogP contribution in [0.4, 0.5) is 5.13 Å². The number of hydrogen-bond donors (Lipinski definition) is 2. The number of sulfone groups is 1. The molecule has 32 heavy (non-hydrogen) atoms. The number of carbonyl (C=O) groups excluding carboxylic acids is 1. The third kappa shape index (κ3) is 4.71. The molecule has 10 nitrogen and oxygen atoms in total. The number of aliphatic hydroxyl groups is 1. The van der Waals surface area contributed by atoms with Gasteiger partial charge in [-0.1, -0.05) is 28.6 Å². The Morgan fingerprint density at radius 1 is 1.22 bits per heavy atom. The second kappa shape index (κ2) is 9.18. The summed E-state index contributed by atoms with van der Waals surface area (Å²) in [5, 5.41) is 15.4. The number of methoxy groups -OCH3 is 1. The van der Waals surface area contributed by atoms with Crippen LogP contribution in [0.25, 0.3) is 10.3 Å². The number of carbonyl (C=O) groups is 1. The third-order valence-electron chi connectivity index (χ3n) is 4.63. The number of oxime groups is 1. The highest BCUT2D eigenvalue weighted by atomic mass is 32.2. The fourth-order valence-corrected chi connectivity index (χ4v) is 5.35. The fourth-order valence-electron chi connectivity index (χ4n) is 2.87. The van der Waals surface area contributed by atoms with Gasteiger partial charge in [-0.3, -0.25) is 10.1 Å². The molecule has 2 aromatic heterocycles. The molecule has 1 fully saturated rings. The van der Waals surface area contributed by atoms with E-state index in [1.54, 1.807) is 12.1 Å². The highest BCUT2D eigenvalue weighted by Crippen LogP contribution is 2.33. The summed E-state index contributed by atoms with van der Waals surface area (Å²) in [7, 11) is -1.84. The van der Waals surface area contributed by atoms with Crippen molar-refractivity contribution in [1.29, 1.82) is 0 Å². The third-order valence-corrected chi connectivity index (χ3v) is 7.79. The standard InChI is InChI=1S/C20H20N4O6S2/c1-29-16-9-8-15-19(22-16)31-20(21-15)23-18(26)17(24-30-11-10-25)12-2-4-13(5-3-12)32(27,28)14-6-7-14/h2-5,8-9,14,25H,6-7,10-11H2,1H3,(H,21,23,26)/b24-17+. The van der Waals surface area contributed by atoms with E-state index >= 15 is 0 Å². The molecule has 12 heteroatoms. The number of thiazole rings is 1. The Hall–Kier alpha value is -3.09. The number of pyridine rings is 1. The number of anilines is 1. The molecule has 0 aliphatic heterocycles. The van der Waals surface area contributed by atoms with Crippen molar-refractivity contribution < 1.29 is 27.9 Å². The topological polar surface area (TPSA) is 140 Å². The van der Waals surface area contributed by atoms with Gasteiger partial charge in [-0.15, -0.1) is 0 Å². The minimum atomic E-state index is -3.35. The van der Waals surface area contributed by atoms with Crippen LogP contribution < -0.4 is 10.1 Å².